The second kappa shape index (κ2) is 5.06. The van der Waals surface area contributed by atoms with Crippen molar-refractivity contribution >= 4 is 23.1 Å². The van der Waals surface area contributed by atoms with Crippen LogP contribution in [-0.4, -0.2) is 30.9 Å². The van der Waals surface area contributed by atoms with Crippen LogP contribution in [0.1, 0.15) is 30.7 Å². The zero-order valence-corrected chi connectivity index (χ0v) is 12.7. The van der Waals surface area contributed by atoms with Crippen molar-refractivity contribution in [3.8, 4) is 10.6 Å². The van der Waals surface area contributed by atoms with E-state index in [0.717, 1.165) is 28.5 Å². The van der Waals surface area contributed by atoms with Crippen molar-refractivity contribution in [2.45, 2.75) is 25.8 Å². The van der Waals surface area contributed by atoms with Gasteiger partial charge in [-0.3, -0.25) is 9.89 Å². The van der Waals surface area contributed by atoms with Gasteiger partial charge in [0.25, 0.3) is 0 Å². The fraction of sp³-hybridized carbons (Fsp3) is 0.286. The number of hydrogen-bond donors (Lipinski definition) is 2. The van der Waals surface area contributed by atoms with Crippen LogP contribution in [0.25, 0.3) is 10.6 Å². The molecule has 0 bridgehead atoms. The number of hydrogen-bond acceptors (Lipinski definition) is 5. The molecule has 112 valence electrons. The van der Waals surface area contributed by atoms with Crippen LogP contribution in [0.4, 0.5) is 5.82 Å². The number of aryl methyl sites for hydroxylation is 1. The summed E-state index contributed by atoms with van der Waals surface area (Å²) in [4.78, 5) is 17.5. The summed E-state index contributed by atoms with van der Waals surface area (Å²) in [6.07, 6.45) is 1.89. The number of nitrogens with one attached hydrogen (secondary N) is 2. The average Bonchev–Trinajstić information content (AvgIpc) is 3.25. The summed E-state index contributed by atoms with van der Waals surface area (Å²) >= 11 is 1.64. The molecule has 1 aliphatic rings. The van der Waals surface area contributed by atoms with Crippen LogP contribution in [-0.2, 0) is 11.3 Å². The van der Waals surface area contributed by atoms with Crippen molar-refractivity contribution < 1.29 is 4.79 Å². The molecule has 0 spiro atoms. The third-order valence-corrected chi connectivity index (χ3v) is 4.71. The first-order valence-electron chi connectivity index (χ1n) is 7.07. The highest BCUT2D eigenvalue weighted by molar-refractivity contribution is 7.13. The monoisotopic (exact) mass is 314 g/mol. The van der Waals surface area contributed by atoms with E-state index in [9.17, 15) is 4.79 Å². The number of anilines is 1. The molecular weight excluding hydrogens is 300 g/mol. The maximum atomic E-state index is 12.0. The van der Waals surface area contributed by atoms with Crippen LogP contribution < -0.4 is 5.32 Å². The molecule has 0 saturated heterocycles. The molecule has 0 aliphatic carbocycles. The SMILES string of the molecule is CCn1ncnc1[C@H]1CC(=O)Nc2n[nH]c(-c3cccs3)c21. The molecule has 7 nitrogen and oxygen atoms in total. The maximum absolute atomic E-state index is 12.0. The van der Waals surface area contributed by atoms with Crippen LogP contribution in [0.2, 0.25) is 0 Å². The molecule has 8 heteroatoms. The van der Waals surface area contributed by atoms with Crippen molar-refractivity contribution in [3.63, 3.8) is 0 Å². The number of rotatable bonds is 3. The molecule has 0 radical (unpaired) electrons. The first-order chi connectivity index (χ1) is 10.8. The second-order valence-electron chi connectivity index (χ2n) is 5.08. The summed E-state index contributed by atoms with van der Waals surface area (Å²) in [5.74, 6) is 1.21. The Morgan fingerprint density at radius 1 is 1.50 bits per heavy atom. The molecule has 2 N–H and O–H groups in total. The van der Waals surface area contributed by atoms with Crippen molar-refractivity contribution in [3.05, 3.63) is 35.2 Å². The summed E-state index contributed by atoms with van der Waals surface area (Å²) in [5.41, 5.74) is 1.94. The summed E-state index contributed by atoms with van der Waals surface area (Å²) in [7, 11) is 0. The van der Waals surface area contributed by atoms with E-state index in [-0.39, 0.29) is 11.8 Å². The van der Waals surface area contributed by atoms with Gasteiger partial charge in [-0.05, 0) is 18.4 Å². The molecular formula is C14H14N6OS. The standard InChI is InChI=1S/C14H14N6OS/c1-2-20-14(15-7-16-20)8-6-10(21)17-13-11(8)12(18-19-13)9-4-3-5-22-9/h3-5,7-8H,2,6H2,1H3,(H2,17,18,19,21)/t8-/m0/s1. The van der Waals surface area contributed by atoms with E-state index in [1.54, 1.807) is 11.3 Å². The van der Waals surface area contributed by atoms with Crippen LogP contribution in [0.15, 0.2) is 23.8 Å². The molecule has 3 aromatic heterocycles. The number of aromatic amines is 1. The Morgan fingerprint density at radius 3 is 3.18 bits per heavy atom. The van der Waals surface area contributed by atoms with Gasteiger partial charge in [-0.2, -0.15) is 10.2 Å². The smallest absolute Gasteiger partial charge is 0.226 e. The van der Waals surface area contributed by atoms with Gasteiger partial charge in [0, 0.05) is 18.5 Å². The van der Waals surface area contributed by atoms with E-state index in [0.29, 0.717) is 12.2 Å². The lowest BCUT2D eigenvalue weighted by molar-refractivity contribution is -0.116. The van der Waals surface area contributed by atoms with E-state index in [1.807, 2.05) is 29.1 Å². The minimum Gasteiger partial charge on any atom is -0.309 e. The average molecular weight is 314 g/mol. The van der Waals surface area contributed by atoms with E-state index < -0.39 is 0 Å². The van der Waals surface area contributed by atoms with Gasteiger partial charge in [0.2, 0.25) is 5.91 Å². The summed E-state index contributed by atoms with van der Waals surface area (Å²) in [5, 5.41) is 16.4. The molecule has 0 unspecified atom stereocenters. The van der Waals surface area contributed by atoms with Crippen LogP contribution in [0.5, 0.6) is 0 Å². The minimum atomic E-state index is -0.137. The Labute approximate surface area is 130 Å². The lowest BCUT2D eigenvalue weighted by Crippen LogP contribution is -2.25. The molecule has 1 amide bonds. The quantitative estimate of drug-likeness (QED) is 0.776. The first-order valence-corrected chi connectivity index (χ1v) is 7.95. The van der Waals surface area contributed by atoms with Gasteiger partial charge in [-0.1, -0.05) is 6.07 Å². The molecule has 1 atom stereocenters. The lowest BCUT2D eigenvalue weighted by atomic mass is 9.90. The van der Waals surface area contributed by atoms with Crippen molar-refractivity contribution in [1.29, 1.82) is 0 Å². The Bertz CT molecular complexity index is 818. The summed E-state index contributed by atoms with van der Waals surface area (Å²) in [6.45, 7) is 2.73. The summed E-state index contributed by atoms with van der Waals surface area (Å²) in [6, 6.07) is 4.04. The van der Waals surface area contributed by atoms with Gasteiger partial charge in [0.15, 0.2) is 5.82 Å². The largest absolute Gasteiger partial charge is 0.309 e. The van der Waals surface area contributed by atoms with E-state index in [4.69, 9.17) is 0 Å². The predicted octanol–water partition coefficient (Wildman–Crippen LogP) is 2.22. The third kappa shape index (κ3) is 1.95. The maximum Gasteiger partial charge on any atom is 0.226 e. The molecule has 0 aromatic carbocycles. The van der Waals surface area contributed by atoms with Gasteiger partial charge >= 0.3 is 0 Å². The number of aromatic nitrogens is 5. The molecule has 3 aromatic rings. The van der Waals surface area contributed by atoms with E-state index in [2.05, 4.69) is 25.6 Å². The number of amides is 1. The fourth-order valence-corrected chi connectivity index (χ4v) is 3.61. The number of H-pyrrole nitrogens is 1. The number of thiophene rings is 1. The van der Waals surface area contributed by atoms with Crippen molar-refractivity contribution in [2.75, 3.05) is 5.32 Å². The van der Waals surface area contributed by atoms with Gasteiger partial charge in [0.1, 0.15) is 12.2 Å². The number of carbonyl (C=O) groups excluding carboxylic acids is 1. The van der Waals surface area contributed by atoms with Gasteiger partial charge in [0.05, 0.1) is 16.5 Å². The van der Waals surface area contributed by atoms with E-state index >= 15 is 0 Å². The van der Waals surface area contributed by atoms with Crippen molar-refractivity contribution in [2.24, 2.45) is 0 Å². The Morgan fingerprint density at radius 2 is 2.41 bits per heavy atom. The third-order valence-electron chi connectivity index (χ3n) is 3.82. The zero-order chi connectivity index (χ0) is 15.1. The van der Waals surface area contributed by atoms with Gasteiger partial charge in [-0.15, -0.1) is 11.3 Å². The number of carbonyl (C=O) groups is 1. The van der Waals surface area contributed by atoms with Crippen LogP contribution in [0, 0.1) is 0 Å². The highest BCUT2D eigenvalue weighted by Crippen LogP contribution is 2.41. The predicted molar refractivity (Wildman–Crippen MR) is 82.7 cm³/mol. The molecule has 22 heavy (non-hydrogen) atoms. The number of nitrogens with zero attached hydrogens (tertiary/aromatic N) is 4. The highest BCUT2D eigenvalue weighted by Gasteiger charge is 2.34. The fourth-order valence-electron chi connectivity index (χ4n) is 2.87. The molecule has 1 aliphatic heterocycles. The van der Waals surface area contributed by atoms with Crippen LogP contribution in [0.3, 0.4) is 0 Å². The molecule has 4 rings (SSSR count). The zero-order valence-electron chi connectivity index (χ0n) is 11.9. The Kier molecular flexibility index (Phi) is 3.04. The molecule has 0 saturated carbocycles. The summed E-state index contributed by atoms with van der Waals surface area (Å²) < 4.78 is 1.83. The normalized spacial score (nSPS) is 17.3. The van der Waals surface area contributed by atoms with Gasteiger partial charge in [-0.25, -0.2) is 9.67 Å². The van der Waals surface area contributed by atoms with Crippen molar-refractivity contribution in [1.82, 2.24) is 25.0 Å². The number of fused-ring (bicyclic) bond motifs is 1. The molecule has 4 heterocycles. The lowest BCUT2D eigenvalue weighted by Gasteiger charge is -2.22. The van der Waals surface area contributed by atoms with E-state index in [1.165, 1.54) is 6.33 Å². The van der Waals surface area contributed by atoms with Gasteiger partial charge < -0.3 is 5.32 Å². The van der Waals surface area contributed by atoms with Crippen LogP contribution >= 0.6 is 11.3 Å². The minimum absolute atomic E-state index is 0.0487. The highest BCUT2D eigenvalue weighted by atomic mass is 32.1. The Balaban J connectivity index is 1.89. The topological polar surface area (TPSA) is 88.5 Å². The first kappa shape index (κ1) is 13.2. The second-order valence-corrected chi connectivity index (χ2v) is 6.02. The molecule has 0 fully saturated rings. The Hall–Kier alpha value is -2.48.